The highest BCUT2D eigenvalue weighted by molar-refractivity contribution is 7.98. The van der Waals surface area contributed by atoms with Crippen molar-refractivity contribution in [2.75, 3.05) is 0 Å². The van der Waals surface area contributed by atoms with Crippen molar-refractivity contribution in [3.05, 3.63) is 71.3 Å². The molecule has 0 fully saturated rings. The molecule has 0 unspecified atom stereocenters. The zero-order valence-corrected chi connectivity index (χ0v) is 13.1. The van der Waals surface area contributed by atoms with Crippen molar-refractivity contribution in [3.8, 4) is 0 Å². The number of hydrogen-bond acceptors (Lipinski definition) is 5. The standard InChI is InChI=1S/C15H12ClN5S/c16-13-6-4-12(5-7-13)10-22-15-20-18-11-21(15)19-9-14-3-1-2-8-17-14/h1-9,11H,10H2/b19-9-. The molecular weight excluding hydrogens is 318 g/mol. The van der Waals surface area contributed by atoms with Crippen LogP contribution in [0.25, 0.3) is 0 Å². The summed E-state index contributed by atoms with van der Waals surface area (Å²) in [7, 11) is 0. The Bertz CT molecular complexity index is 755. The molecule has 0 N–H and O–H groups in total. The summed E-state index contributed by atoms with van der Waals surface area (Å²) in [6.07, 6.45) is 4.98. The minimum absolute atomic E-state index is 0.724. The number of benzene rings is 1. The smallest absolute Gasteiger partial charge is 0.212 e. The van der Waals surface area contributed by atoms with E-state index in [1.165, 1.54) is 0 Å². The lowest BCUT2D eigenvalue weighted by molar-refractivity contribution is 0.766. The number of hydrogen-bond donors (Lipinski definition) is 0. The van der Waals surface area contributed by atoms with Gasteiger partial charge >= 0.3 is 0 Å². The predicted molar refractivity (Wildman–Crippen MR) is 88.3 cm³/mol. The summed E-state index contributed by atoms with van der Waals surface area (Å²) in [5.74, 6) is 0.773. The van der Waals surface area contributed by atoms with Crippen molar-refractivity contribution in [2.24, 2.45) is 5.10 Å². The maximum atomic E-state index is 5.88. The van der Waals surface area contributed by atoms with Crippen molar-refractivity contribution < 1.29 is 0 Å². The molecule has 2 aromatic heterocycles. The highest BCUT2D eigenvalue weighted by Crippen LogP contribution is 2.21. The highest BCUT2D eigenvalue weighted by Gasteiger charge is 2.04. The summed E-state index contributed by atoms with van der Waals surface area (Å²) < 4.78 is 1.63. The van der Waals surface area contributed by atoms with Crippen LogP contribution in [0.1, 0.15) is 11.3 Å². The second kappa shape index (κ2) is 7.20. The first-order chi connectivity index (χ1) is 10.8. The van der Waals surface area contributed by atoms with Crippen LogP contribution in [0, 0.1) is 0 Å². The van der Waals surface area contributed by atoms with E-state index in [9.17, 15) is 0 Å². The van der Waals surface area contributed by atoms with E-state index < -0.39 is 0 Å². The summed E-state index contributed by atoms with van der Waals surface area (Å²) in [6, 6.07) is 13.4. The van der Waals surface area contributed by atoms with Gasteiger partial charge in [-0.2, -0.15) is 9.78 Å². The van der Waals surface area contributed by atoms with E-state index in [1.54, 1.807) is 35.2 Å². The number of pyridine rings is 1. The first-order valence-electron chi connectivity index (χ1n) is 6.54. The van der Waals surface area contributed by atoms with Crippen LogP contribution >= 0.6 is 23.4 Å². The molecule has 3 aromatic rings. The van der Waals surface area contributed by atoms with Crippen LogP contribution in [0.3, 0.4) is 0 Å². The molecule has 1 aromatic carbocycles. The average molecular weight is 330 g/mol. The minimum Gasteiger partial charge on any atom is -0.255 e. The molecule has 0 saturated carbocycles. The molecule has 22 heavy (non-hydrogen) atoms. The van der Waals surface area contributed by atoms with Gasteiger partial charge in [-0.15, -0.1) is 10.2 Å². The van der Waals surface area contributed by atoms with Crippen LogP contribution < -0.4 is 0 Å². The Morgan fingerprint density at radius 2 is 2.05 bits per heavy atom. The van der Waals surface area contributed by atoms with Crippen LogP contribution in [0.15, 0.2) is 65.2 Å². The van der Waals surface area contributed by atoms with Gasteiger partial charge in [0.05, 0.1) is 11.9 Å². The second-order valence-electron chi connectivity index (χ2n) is 4.37. The fraction of sp³-hybridized carbons (Fsp3) is 0.0667. The summed E-state index contributed by atoms with van der Waals surface area (Å²) in [4.78, 5) is 4.19. The van der Waals surface area contributed by atoms with Crippen LogP contribution in [0.4, 0.5) is 0 Å². The van der Waals surface area contributed by atoms with Gasteiger partial charge in [0.15, 0.2) is 0 Å². The summed E-state index contributed by atoms with van der Waals surface area (Å²) in [5, 5.41) is 13.8. The predicted octanol–water partition coefficient (Wildman–Crippen LogP) is 3.50. The molecule has 0 atom stereocenters. The molecule has 0 saturated heterocycles. The minimum atomic E-state index is 0.724. The average Bonchev–Trinajstić information content (AvgIpc) is 3.01. The Morgan fingerprint density at radius 3 is 2.82 bits per heavy atom. The van der Waals surface area contributed by atoms with E-state index in [2.05, 4.69) is 20.3 Å². The van der Waals surface area contributed by atoms with E-state index in [1.807, 2.05) is 42.5 Å². The van der Waals surface area contributed by atoms with Crippen molar-refractivity contribution in [1.29, 1.82) is 0 Å². The van der Waals surface area contributed by atoms with Gasteiger partial charge in [-0.25, -0.2) is 0 Å². The molecule has 0 radical (unpaired) electrons. The van der Waals surface area contributed by atoms with Crippen molar-refractivity contribution >= 4 is 29.6 Å². The monoisotopic (exact) mass is 329 g/mol. The lowest BCUT2D eigenvalue weighted by atomic mass is 10.2. The molecular formula is C15H12ClN5S. The van der Waals surface area contributed by atoms with Gasteiger partial charge in [-0.3, -0.25) is 4.98 Å². The van der Waals surface area contributed by atoms with E-state index in [0.717, 1.165) is 27.2 Å². The third kappa shape index (κ3) is 3.93. The third-order valence-electron chi connectivity index (χ3n) is 2.78. The third-order valence-corrected chi connectivity index (χ3v) is 4.04. The van der Waals surface area contributed by atoms with Gasteiger partial charge in [0, 0.05) is 17.0 Å². The Morgan fingerprint density at radius 1 is 1.18 bits per heavy atom. The van der Waals surface area contributed by atoms with E-state index in [0.29, 0.717) is 0 Å². The maximum absolute atomic E-state index is 5.88. The summed E-state index contributed by atoms with van der Waals surface area (Å²) in [6.45, 7) is 0. The van der Waals surface area contributed by atoms with Gasteiger partial charge in [0.25, 0.3) is 0 Å². The van der Waals surface area contributed by atoms with Gasteiger partial charge in [-0.05, 0) is 29.8 Å². The number of thioether (sulfide) groups is 1. The maximum Gasteiger partial charge on any atom is 0.212 e. The summed E-state index contributed by atoms with van der Waals surface area (Å²) in [5.41, 5.74) is 1.95. The SMILES string of the molecule is Clc1ccc(CSc2nncn2/N=C\c2ccccn2)cc1. The Kier molecular flexibility index (Phi) is 4.82. The van der Waals surface area contributed by atoms with E-state index >= 15 is 0 Å². The quantitative estimate of drug-likeness (QED) is 0.531. The Labute approximate surface area is 137 Å². The lowest BCUT2D eigenvalue weighted by Gasteiger charge is -2.01. The lowest BCUT2D eigenvalue weighted by Crippen LogP contribution is -1.93. The highest BCUT2D eigenvalue weighted by atomic mass is 35.5. The van der Waals surface area contributed by atoms with Crippen molar-refractivity contribution in [2.45, 2.75) is 10.9 Å². The molecule has 0 spiro atoms. The number of halogens is 1. The largest absolute Gasteiger partial charge is 0.255 e. The molecule has 110 valence electrons. The summed E-state index contributed by atoms with van der Waals surface area (Å²) >= 11 is 7.44. The van der Waals surface area contributed by atoms with Crippen molar-refractivity contribution in [3.63, 3.8) is 0 Å². The molecule has 2 heterocycles. The van der Waals surface area contributed by atoms with Gasteiger partial charge in [-0.1, -0.05) is 41.6 Å². The molecule has 0 aliphatic heterocycles. The number of aromatic nitrogens is 4. The molecule has 0 amide bonds. The Balaban J connectivity index is 1.67. The zero-order valence-electron chi connectivity index (χ0n) is 11.5. The fourth-order valence-corrected chi connectivity index (χ4v) is 2.64. The number of rotatable bonds is 5. The molecule has 0 aliphatic carbocycles. The van der Waals surface area contributed by atoms with Gasteiger partial charge in [0.2, 0.25) is 5.16 Å². The molecule has 0 aliphatic rings. The van der Waals surface area contributed by atoms with Crippen molar-refractivity contribution in [1.82, 2.24) is 19.9 Å². The number of nitrogens with zero attached hydrogens (tertiary/aromatic N) is 5. The topological polar surface area (TPSA) is 56.0 Å². The zero-order chi connectivity index (χ0) is 15.2. The fourth-order valence-electron chi connectivity index (χ4n) is 1.70. The molecule has 5 nitrogen and oxygen atoms in total. The molecule has 7 heteroatoms. The van der Waals surface area contributed by atoms with Crippen LogP contribution in [-0.2, 0) is 5.75 Å². The molecule has 3 rings (SSSR count). The second-order valence-corrected chi connectivity index (χ2v) is 5.75. The molecule has 0 bridgehead atoms. The van der Waals surface area contributed by atoms with Crippen LogP contribution in [0.5, 0.6) is 0 Å². The normalized spacial score (nSPS) is 11.1. The van der Waals surface area contributed by atoms with Crippen LogP contribution in [0.2, 0.25) is 5.02 Å². The Hall–Kier alpha value is -2.18. The van der Waals surface area contributed by atoms with Gasteiger partial charge in [0.1, 0.15) is 6.33 Å². The van der Waals surface area contributed by atoms with E-state index in [-0.39, 0.29) is 0 Å². The first-order valence-corrected chi connectivity index (χ1v) is 7.90. The van der Waals surface area contributed by atoms with E-state index in [4.69, 9.17) is 11.6 Å². The van der Waals surface area contributed by atoms with Gasteiger partial charge < -0.3 is 0 Å². The van der Waals surface area contributed by atoms with Crippen LogP contribution in [-0.4, -0.2) is 26.1 Å². The first kappa shape index (κ1) is 14.7.